The van der Waals surface area contributed by atoms with E-state index in [2.05, 4.69) is 5.32 Å². The number of carbonyl (C=O) groups excluding carboxylic acids is 2. The first-order valence-electron chi connectivity index (χ1n) is 6.97. The van der Waals surface area contributed by atoms with Crippen LogP contribution in [-0.4, -0.2) is 18.9 Å². The Balaban J connectivity index is 1.98. The first-order chi connectivity index (χ1) is 11.5. The number of nitrogens with zero attached hydrogens (tertiary/aromatic N) is 1. The zero-order valence-corrected chi connectivity index (χ0v) is 13.3. The number of imide groups is 1. The van der Waals surface area contributed by atoms with E-state index in [-0.39, 0.29) is 22.1 Å². The molecule has 0 unspecified atom stereocenters. The molecule has 122 valence electrons. The largest absolute Gasteiger partial charge is 0.495 e. The summed E-state index contributed by atoms with van der Waals surface area (Å²) >= 11 is 6.01. The lowest BCUT2D eigenvalue weighted by molar-refractivity contribution is -0.120. The topological polar surface area (TPSA) is 58.6 Å². The highest BCUT2D eigenvalue weighted by Gasteiger charge is 2.40. The standard InChI is InChI=1S/C17H12ClFN2O3/c1-24-13-9-5-4-8-12(13)21-16(22)14(18)15(17(21)23)20-11-7-3-2-6-10(11)19/h2-9,20H,1H3. The number of para-hydroxylation sites is 3. The van der Waals surface area contributed by atoms with Crippen molar-refractivity contribution in [2.24, 2.45) is 0 Å². The third-order valence-corrected chi connectivity index (χ3v) is 3.84. The minimum absolute atomic E-state index is 0.0497. The van der Waals surface area contributed by atoms with Gasteiger partial charge in [-0.25, -0.2) is 9.29 Å². The molecule has 2 amide bonds. The number of hydrogen-bond acceptors (Lipinski definition) is 4. The second kappa shape index (κ2) is 6.33. The van der Waals surface area contributed by atoms with Crippen LogP contribution in [0.15, 0.2) is 59.3 Å². The van der Waals surface area contributed by atoms with Gasteiger partial charge in [0.05, 0.1) is 18.5 Å². The molecule has 7 heteroatoms. The molecule has 0 saturated carbocycles. The average Bonchev–Trinajstić information content (AvgIpc) is 2.80. The van der Waals surface area contributed by atoms with Gasteiger partial charge < -0.3 is 10.1 Å². The fourth-order valence-electron chi connectivity index (χ4n) is 2.34. The molecule has 1 aliphatic heterocycles. The van der Waals surface area contributed by atoms with E-state index in [1.807, 2.05) is 0 Å². The molecular weight excluding hydrogens is 335 g/mol. The van der Waals surface area contributed by atoms with E-state index in [1.165, 1.54) is 25.3 Å². The van der Waals surface area contributed by atoms with Gasteiger partial charge >= 0.3 is 0 Å². The molecule has 0 fully saturated rings. The number of nitrogens with one attached hydrogen (secondary N) is 1. The summed E-state index contributed by atoms with van der Waals surface area (Å²) in [4.78, 5) is 25.9. The van der Waals surface area contributed by atoms with Crippen LogP contribution < -0.4 is 15.0 Å². The van der Waals surface area contributed by atoms with E-state index in [9.17, 15) is 14.0 Å². The summed E-state index contributed by atoms with van der Waals surface area (Å²) < 4.78 is 18.9. The number of anilines is 2. The maximum Gasteiger partial charge on any atom is 0.283 e. The van der Waals surface area contributed by atoms with Crippen LogP contribution in [0.5, 0.6) is 5.75 Å². The summed E-state index contributed by atoms with van der Waals surface area (Å²) in [5.41, 5.74) is 0.129. The second-order valence-corrected chi connectivity index (χ2v) is 5.29. The zero-order chi connectivity index (χ0) is 17.3. The van der Waals surface area contributed by atoms with Crippen molar-refractivity contribution in [1.82, 2.24) is 0 Å². The van der Waals surface area contributed by atoms with Crippen LogP contribution in [0.4, 0.5) is 15.8 Å². The monoisotopic (exact) mass is 346 g/mol. The lowest BCUT2D eigenvalue weighted by Gasteiger charge is -2.17. The maximum atomic E-state index is 13.8. The van der Waals surface area contributed by atoms with E-state index in [4.69, 9.17) is 16.3 Å². The minimum Gasteiger partial charge on any atom is -0.495 e. The van der Waals surface area contributed by atoms with Crippen LogP contribution in [0.25, 0.3) is 0 Å². The molecule has 0 radical (unpaired) electrons. The molecule has 1 N–H and O–H groups in total. The van der Waals surface area contributed by atoms with E-state index in [0.717, 1.165) is 4.90 Å². The number of carbonyl (C=O) groups is 2. The van der Waals surface area contributed by atoms with E-state index in [1.54, 1.807) is 30.3 Å². The van der Waals surface area contributed by atoms with Crippen molar-refractivity contribution in [1.29, 1.82) is 0 Å². The highest BCUT2D eigenvalue weighted by molar-refractivity contribution is 6.53. The zero-order valence-electron chi connectivity index (χ0n) is 12.5. The van der Waals surface area contributed by atoms with Crippen molar-refractivity contribution in [3.63, 3.8) is 0 Å². The number of ether oxygens (including phenoxy) is 1. The predicted molar refractivity (Wildman–Crippen MR) is 88.4 cm³/mol. The minimum atomic E-state index is -0.704. The molecule has 5 nitrogen and oxygen atoms in total. The Hall–Kier alpha value is -2.86. The van der Waals surface area contributed by atoms with Gasteiger partial charge in [0.25, 0.3) is 11.8 Å². The van der Waals surface area contributed by atoms with E-state index >= 15 is 0 Å². The van der Waals surface area contributed by atoms with Gasteiger partial charge in [-0.3, -0.25) is 9.59 Å². The van der Waals surface area contributed by atoms with E-state index < -0.39 is 17.6 Å². The lowest BCUT2D eigenvalue weighted by Crippen LogP contribution is -2.32. The molecule has 1 aliphatic rings. The highest BCUT2D eigenvalue weighted by Crippen LogP contribution is 2.35. The molecular formula is C17H12ClFN2O3. The van der Waals surface area contributed by atoms with Crippen molar-refractivity contribution in [2.75, 3.05) is 17.3 Å². The quantitative estimate of drug-likeness (QED) is 0.863. The van der Waals surface area contributed by atoms with Crippen LogP contribution in [0.2, 0.25) is 0 Å². The fraction of sp³-hybridized carbons (Fsp3) is 0.0588. The van der Waals surface area contributed by atoms with Crippen LogP contribution in [0, 0.1) is 5.82 Å². The Morgan fingerprint density at radius 3 is 2.42 bits per heavy atom. The average molecular weight is 347 g/mol. The van der Waals surface area contributed by atoms with E-state index in [0.29, 0.717) is 5.75 Å². The summed E-state index contributed by atoms with van der Waals surface area (Å²) in [6.45, 7) is 0. The van der Waals surface area contributed by atoms with Crippen molar-refractivity contribution < 1.29 is 18.7 Å². The third kappa shape index (κ3) is 2.61. The first kappa shape index (κ1) is 16.0. The predicted octanol–water partition coefficient (Wildman–Crippen LogP) is 3.27. The van der Waals surface area contributed by atoms with Gasteiger partial charge in [-0.1, -0.05) is 35.9 Å². The Morgan fingerprint density at radius 1 is 1.04 bits per heavy atom. The number of halogens is 2. The van der Waals surface area contributed by atoms with Crippen LogP contribution >= 0.6 is 11.6 Å². The smallest absolute Gasteiger partial charge is 0.283 e. The van der Waals surface area contributed by atoms with Gasteiger partial charge in [-0.2, -0.15) is 0 Å². The van der Waals surface area contributed by atoms with Gasteiger partial charge in [-0.15, -0.1) is 0 Å². The number of rotatable bonds is 4. The SMILES string of the molecule is COc1ccccc1N1C(=O)C(Cl)=C(Nc2ccccc2F)C1=O. The third-order valence-electron chi connectivity index (χ3n) is 3.49. The van der Waals surface area contributed by atoms with Crippen molar-refractivity contribution in [2.45, 2.75) is 0 Å². The molecule has 0 spiro atoms. The second-order valence-electron chi connectivity index (χ2n) is 4.91. The molecule has 3 rings (SSSR count). The van der Waals surface area contributed by atoms with Gasteiger partial charge in [0.2, 0.25) is 0 Å². The number of benzene rings is 2. The summed E-state index contributed by atoms with van der Waals surface area (Å²) in [5, 5.41) is 2.29. The lowest BCUT2D eigenvalue weighted by atomic mass is 10.2. The Kier molecular flexibility index (Phi) is 4.22. The Morgan fingerprint density at radius 2 is 1.71 bits per heavy atom. The summed E-state index contributed by atoms with van der Waals surface area (Å²) in [6, 6.07) is 12.3. The van der Waals surface area contributed by atoms with Crippen molar-refractivity contribution in [3.05, 3.63) is 65.1 Å². The van der Waals surface area contributed by atoms with Gasteiger partial charge in [-0.05, 0) is 24.3 Å². The molecule has 0 bridgehead atoms. The first-order valence-corrected chi connectivity index (χ1v) is 7.35. The number of methoxy groups -OCH3 is 1. The molecule has 2 aromatic rings. The number of hydrogen-bond donors (Lipinski definition) is 1. The molecule has 1 heterocycles. The molecule has 0 saturated heterocycles. The number of amides is 2. The van der Waals surface area contributed by atoms with Crippen LogP contribution in [0.3, 0.4) is 0 Å². The molecule has 24 heavy (non-hydrogen) atoms. The summed E-state index contributed by atoms with van der Waals surface area (Å²) in [6.07, 6.45) is 0. The highest BCUT2D eigenvalue weighted by atomic mass is 35.5. The Bertz CT molecular complexity index is 866. The fourth-order valence-corrected chi connectivity index (χ4v) is 2.55. The maximum absolute atomic E-state index is 13.8. The van der Waals surface area contributed by atoms with Gasteiger partial charge in [0.15, 0.2) is 0 Å². The Labute approximate surface area is 142 Å². The molecule has 0 aromatic heterocycles. The molecule has 2 aromatic carbocycles. The van der Waals surface area contributed by atoms with Crippen molar-refractivity contribution >= 4 is 34.8 Å². The molecule has 0 atom stereocenters. The van der Waals surface area contributed by atoms with Crippen molar-refractivity contribution in [3.8, 4) is 5.75 Å². The van der Waals surface area contributed by atoms with Crippen LogP contribution in [-0.2, 0) is 9.59 Å². The molecule has 0 aliphatic carbocycles. The van der Waals surface area contributed by atoms with Gasteiger partial charge in [0.1, 0.15) is 22.3 Å². The normalized spacial score (nSPS) is 14.4. The van der Waals surface area contributed by atoms with Crippen LogP contribution in [0.1, 0.15) is 0 Å². The summed E-state index contributed by atoms with van der Waals surface area (Å²) in [5.74, 6) is -1.61. The summed E-state index contributed by atoms with van der Waals surface area (Å²) in [7, 11) is 1.43. The van der Waals surface area contributed by atoms with Gasteiger partial charge in [0, 0.05) is 0 Å².